The van der Waals surface area contributed by atoms with Gasteiger partial charge < -0.3 is 0 Å². The summed E-state index contributed by atoms with van der Waals surface area (Å²) in [6.07, 6.45) is 1.68. The lowest BCUT2D eigenvalue weighted by atomic mass is 10.1. The summed E-state index contributed by atoms with van der Waals surface area (Å²) in [7, 11) is 0. The second-order valence-electron chi connectivity index (χ2n) is 4.70. The quantitative estimate of drug-likeness (QED) is 0.610. The number of anilines is 1. The molecule has 1 aliphatic heterocycles. The van der Waals surface area contributed by atoms with Gasteiger partial charge in [0.05, 0.1) is 22.2 Å². The summed E-state index contributed by atoms with van der Waals surface area (Å²) in [5.74, 6) is -0.849. The predicted molar refractivity (Wildman–Crippen MR) is 93.2 cm³/mol. The Morgan fingerprint density at radius 3 is 2.52 bits per heavy atom. The molecule has 6 heteroatoms. The monoisotopic (exact) mass is 340 g/mol. The summed E-state index contributed by atoms with van der Waals surface area (Å²) in [6.45, 7) is 0. The van der Waals surface area contributed by atoms with Crippen LogP contribution in [0.2, 0.25) is 0 Å². The topological polar surface area (TPSA) is 44.1 Å². The van der Waals surface area contributed by atoms with Gasteiger partial charge in [0.25, 0.3) is 5.91 Å². The third kappa shape index (κ3) is 3.02. The van der Waals surface area contributed by atoms with Crippen molar-refractivity contribution in [2.24, 2.45) is 0 Å². The molecular formula is C17H9FN2OS2. The van der Waals surface area contributed by atoms with Gasteiger partial charge in [-0.3, -0.25) is 9.69 Å². The fourth-order valence-corrected chi connectivity index (χ4v) is 3.40. The van der Waals surface area contributed by atoms with Gasteiger partial charge in [-0.15, -0.1) is 0 Å². The zero-order chi connectivity index (χ0) is 16.4. The molecule has 0 saturated carbocycles. The molecule has 2 aromatic carbocycles. The molecule has 0 radical (unpaired) electrons. The predicted octanol–water partition coefficient (Wildman–Crippen LogP) is 4.10. The molecule has 0 aliphatic carbocycles. The SMILES string of the molecule is N#Cc1ccc(/C=C2\SC(=S)N(c3ccccc3F)C2=O)cc1. The molecule has 0 aromatic heterocycles. The second kappa shape index (κ2) is 6.32. The van der Waals surface area contributed by atoms with E-state index >= 15 is 0 Å². The van der Waals surface area contributed by atoms with Crippen molar-refractivity contribution in [3.05, 3.63) is 70.4 Å². The molecule has 0 atom stereocenters. The Morgan fingerprint density at radius 2 is 1.87 bits per heavy atom. The molecular weight excluding hydrogens is 331 g/mol. The van der Waals surface area contributed by atoms with Crippen LogP contribution in [0.1, 0.15) is 11.1 Å². The van der Waals surface area contributed by atoms with E-state index in [-0.39, 0.29) is 11.6 Å². The van der Waals surface area contributed by atoms with Gasteiger partial charge in [-0.1, -0.05) is 48.2 Å². The van der Waals surface area contributed by atoms with Crippen molar-refractivity contribution in [1.29, 1.82) is 5.26 Å². The minimum Gasteiger partial charge on any atom is -0.268 e. The Labute approximate surface area is 142 Å². The van der Waals surface area contributed by atoms with E-state index in [9.17, 15) is 9.18 Å². The maximum atomic E-state index is 13.9. The number of rotatable bonds is 2. The van der Waals surface area contributed by atoms with Gasteiger partial charge in [0, 0.05) is 0 Å². The number of thioether (sulfide) groups is 1. The van der Waals surface area contributed by atoms with Crippen LogP contribution in [0.5, 0.6) is 0 Å². The molecule has 1 fully saturated rings. The highest BCUT2D eigenvalue weighted by atomic mass is 32.2. The molecule has 3 nitrogen and oxygen atoms in total. The van der Waals surface area contributed by atoms with Gasteiger partial charge in [0.2, 0.25) is 0 Å². The first-order chi connectivity index (χ1) is 11.1. The summed E-state index contributed by atoms with van der Waals surface area (Å²) in [4.78, 5) is 14.1. The molecule has 0 N–H and O–H groups in total. The Bertz CT molecular complexity index is 869. The molecule has 112 valence electrons. The molecule has 1 aliphatic rings. The summed E-state index contributed by atoms with van der Waals surface area (Å²) in [5, 5.41) is 8.79. The minimum absolute atomic E-state index is 0.151. The third-order valence-electron chi connectivity index (χ3n) is 3.22. The number of thiocarbonyl (C=S) groups is 1. The Balaban J connectivity index is 1.93. The van der Waals surface area contributed by atoms with E-state index in [1.807, 2.05) is 6.07 Å². The number of amides is 1. The maximum absolute atomic E-state index is 13.9. The largest absolute Gasteiger partial charge is 0.270 e. The molecule has 1 saturated heterocycles. The van der Waals surface area contributed by atoms with Crippen molar-refractivity contribution in [2.75, 3.05) is 4.90 Å². The van der Waals surface area contributed by atoms with Crippen LogP contribution in [0.15, 0.2) is 53.4 Å². The maximum Gasteiger partial charge on any atom is 0.270 e. The molecule has 0 bridgehead atoms. The molecule has 2 aromatic rings. The number of para-hydroxylation sites is 1. The van der Waals surface area contributed by atoms with Gasteiger partial charge in [0.15, 0.2) is 4.32 Å². The van der Waals surface area contributed by atoms with Gasteiger partial charge >= 0.3 is 0 Å². The van der Waals surface area contributed by atoms with Crippen molar-refractivity contribution in [3.8, 4) is 6.07 Å². The van der Waals surface area contributed by atoms with Crippen LogP contribution in [0.4, 0.5) is 10.1 Å². The van der Waals surface area contributed by atoms with Gasteiger partial charge in [-0.05, 0) is 35.9 Å². The van der Waals surface area contributed by atoms with E-state index < -0.39 is 5.82 Å². The molecule has 1 amide bonds. The molecule has 0 spiro atoms. The van der Waals surface area contributed by atoms with E-state index in [0.717, 1.165) is 17.3 Å². The van der Waals surface area contributed by atoms with Gasteiger partial charge in [-0.2, -0.15) is 5.26 Å². The van der Waals surface area contributed by atoms with Crippen LogP contribution in [-0.4, -0.2) is 10.2 Å². The zero-order valence-electron chi connectivity index (χ0n) is 11.7. The van der Waals surface area contributed by atoms with Crippen molar-refractivity contribution >= 4 is 46.0 Å². The summed E-state index contributed by atoms with van der Waals surface area (Å²) >= 11 is 6.34. The first-order valence-electron chi connectivity index (χ1n) is 6.63. The van der Waals surface area contributed by atoms with Crippen molar-refractivity contribution in [1.82, 2.24) is 0 Å². The van der Waals surface area contributed by atoms with E-state index in [1.165, 1.54) is 17.0 Å². The Morgan fingerprint density at radius 1 is 1.17 bits per heavy atom. The van der Waals surface area contributed by atoms with E-state index in [0.29, 0.717) is 14.8 Å². The lowest BCUT2D eigenvalue weighted by Crippen LogP contribution is -2.28. The normalized spacial score (nSPS) is 16.0. The minimum atomic E-state index is -0.497. The molecule has 23 heavy (non-hydrogen) atoms. The first kappa shape index (κ1) is 15.4. The number of halogens is 1. The highest BCUT2D eigenvalue weighted by Gasteiger charge is 2.34. The lowest BCUT2D eigenvalue weighted by molar-refractivity contribution is -0.113. The second-order valence-corrected chi connectivity index (χ2v) is 6.38. The standard InChI is InChI=1S/C17H9FN2OS2/c18-13-3-1-2-4-14(13)20-16(21)15(23-17(20)22)9-11-5-7-12(10-19)8-6-11/h1-9H/b15-9-. The van der Waals surface area contributed by atoms with Crippen molar-refractivity contribution in [2.45, 2.75) is 0 Å². The van der Waals surface area contributed by atoms with E-state index in [1.54, 1.807) is 42.5 Å². The fraction of sp³-hybridized carbons (Fsp3) is 0. The van der Waals surface area contributed by atoms with E-state index in [2.05, 4.69) is 0 Å². The summed E-state index contributed by atoms with van der Waals surface area (Å²) in [5.41, 5.74) is 1.47. The number of nitrogens with zero attached hydrogens (tertiary/aromatic N) is 2. The number of hydrogen-bond acceptors (Lipinski definition) is 4. The molecule has 0 unspecified atom stereocenters. The third-order valence-corrected chi connectivity index (χ3v) is 4.53. The lowest BCUT2D eigenvalue weighted by Gasteiger charge is -2.14. The first-order valence-corrected chi connectivity index (χ1v) is 7.85. The molecule has 3 rings (SSSR count). The summed E-state index contributed by atoms with van der Waals surface area (Å²) < 4.78 is 14.2. The van der Waals surface area contributed by atoms with Crippen molar-refractivity contribution in [3.63, 3.8) is 0 Å². The number of nitriles is 1. The zero-order valence-corrected chi connectivity index (χ0v) is 13.3. The number of hydrogen-bond donors (Lipinski definition) is 0. The average Bonchev–Trinajstić information content (AvgIpc) is 2.83. The van der Waals surface area contributed by atoms with Crippen LogP contribution in [0.3, 0.4) is 0 Å². The average molecular weight is 340 g/mol. The number of carbonyl (C=O) groups is 1. The fourth-order valence-electron chi connectivity index (χ4n) is 2.11. The van der Waals surface area contributed by atoms with Crippen LogP contribution < -0.4 is 4.90 Å². The highest BCUT2D eigenvalue weighted by molar-refractivity contribution is 8.27. The highest BCUT2D eigenvalue weighted by Crippen LogP contribution is 2.36. The van der Waals surface area contributed by atoms with Gasteiger partial charge in [-0.25, -0.2) is 4.39 Å². The van der Waals surface area contributed by atoms with E-state index in [4.69, 9.17) is 17.5 Å². The Hall–Kier alpha value is -2.49. The summed E-state index contributed by atoms with van der Waals surface area (Å²) in [6, 6.07) is 14.9. The molecule has 1 heterocycles. The van der Waals surface area contributed by atoms with Gasteiger partial charge in [0.1, 0.15) is 5.82 Å². The Kier molecular flexibility index (Phi) is 4.24. The van der Waals surface area contributed by atoms with Crippen molar-refractivity contribution < 1.29 is 9.18 Å². The number of carbonyl (C=O) groups excluding carboxylic acids is 1. The smallest absolute Gasteiger partial charge is 0.268 e. The van der Waals surface area contributed by atoms with Crippen LogP contribution >= 0.6 is 24.0 Å². The van der Waals surface area contributed by atoms with Crippen LogP contribution in [0.25, 0.3) is 6.08 Å². The van der Waals surface area contributed by atoms with Crippen LogP contribution in [0, 0.1) is 17.1 Å². The van der Waals surface area contributed by atoms with Crippen LogP contribution in [-0.2, 0) is 4.79 Å². The number of benzene rings is 2.